The number of carboxylic acid groups (broad SMARTS) is 1. The monoisotopic (exact) mass is 352 g/mol. The molecule has 21 heavy (non-hydrogen) atoms. The second-order valence-corrected chi connectivity index (χ2v) is 5.05. The van der Waals surface area contributed by atoms with Crippen molar-refractivity contribution in [3.05, 3.63) is 72.6 Å². The molecule has 1 aromatic carbocycles. The number of pyridine rings is 1. The van der Waals surface area contributed by atoms with E-state index in [0.29, 0.717) is 10.0 Å². The van der Waals surface area contributed by atoms with Crippen molar-refractivity contribution in [2.45, 2.75) is 6.54 Å². The van der Waals surface area contributed by atoms with Crippen molar-refractivity contribution in [2.75, 3.05) is 0 Å². The van der Waals surface area contributed by atoms with Gasteiger partial charge in [0.1, 0.15) is 0 Å². The van der Waals surface area contributed by atoms with E-state index in [-0.39, 0.29) is 12.1 Å². The number of hydrogen-bond donors (Lipinski definition) is 1. The van der Waals surface area contributed by atoms with Crippen molar-refractivity contribution in [1.29, 1.82) is 0 Å². The SMILES string of the molecule is O=C(O)c1ccc(Cn2cccc([N+](=O)[O-])c2=O)c(Br)c1. The Morgan fingerprint density at radius 1 is 1.38 bits per heavy atom. The molecule has 7 nitrogen and oxygen atoms in total. The van der Waals surface area contributed by atoms with Crippen LogP contribution in [-0.2, 0) is 6.54 Å². The van der Waals surface area contributed by atoms with E-state index in [9.17, 15) is 19.7 Å². The molecular formula is C13H9BrN2O5. The molecule has 0 spiro atoms. The Morgan fingerprint density at radius 2 is 2.10 bits per heavy atom. The quantitative estimate of drug-likeness (QED) is 0.671. The summed E-state index contributed by atoms with van der Waals surface area (Å²) in [6.45, 7) is 0.0982. The lowest BCUT2D eigenvalue weighted by Gasteiger charge is -2.08. The topological polar surface area (TPSA) is 102 Å². The lowest BCUT2D eigenvalue weighted by Crippen LogP contribution is -2.22. The molecule has 0 saturated heterocycles. The Hall–Kier alpha value is -2.48. The van der Waals surface area contributed by atoms with Crippen molar-refractivity contribution in [3.8, 4) is 0 Å². The summed E-state index contributed by atoms with van der Waals surface area (Å²) in [7, 11) is 0. The van der Waals surface area contributed by atoms with E-state index in [2.05, 4.69) is 15.9 Å². The Morgan fingerprint density at radius 3 is 2.67 bits per heavy atom. The van der Waals surface area contributed by atoms with Crippen LogP contribution in [0.25, 0.3) is 0 Å². The summed E-state index contributed by atoms with van der Waals surface area (Å²) in [5, 5.41) is 19.6. The molecule has 1 heterocycles. The van der Waals surface area contributed by atoms with Gasteiger partial charge in [0.05, 0.1) is 17.0 Å². The number of carboxylic acids is 1. The Balaban J connectivity index is 2.39. The number of carbonyl (C=O) groups is 1. The van der Waals surface area contributed by atoms with Crippen molar-refractivity contribution in [1.82, 2.24) is 4.57 Å². The molecule has 0 unspecified atom stereocenters. The molecule has 0 atom stereocenters. The average Bonchev–Trinajstić information content (AvgIpc) is 2.42. The van der Waals surface area contributed by atoms with Crippen molar-refractivity contribution in [3.63, 3.8) is 0 Å². The van der Waals surface area contributed by atoms with E-state index in [1.807, 2.05) is 0 Å². The summed E-state index contributed by atoms with van der Waals surface area (Å²) in [6.07, 6.45) is 1.44. The molecule has 0 aliphatic rings. The summed E-state index contributed by atoms with van der Waals surface area (Å²) in [6, 6.07) is 6.93. The first-order valence-corrected chi connectivity index (χ1v) is 6.55. The predicted octanol–water partition coefficient (Wildman–Crippen LogP) is 2.27. The number of hydrogen-bond acceptors (Lipinski definition) is 4. The summed E-state index contributed by atoms with van der Waals surface area (Å²) in [5.74, 6) is -1.06. The molecule has 0 amide bonds. The minimum Gasteiger partial charge on any atom is -0.478 e. The van der Waals surface area contributed by atoms with Gasteiger partial charge in [-0.2, -0.15) is 0 Å². The molecule has 0 saturated carbocycles. The van der Waals surface area contributed by atoms with Crippen molar-refractivity contribution >= 4 is 27.6 Å². The van der Waals surface area contributed by atoms with E-state index < -0.39 is 22.1 Å². The molecule has 8 heteroatoms. The van der Waals surface area contributed by atoms with Crippen LogP contribution < -0.4 is 5.56 Å². The number of halogens is 1. The van der Waals surface area contributed by atoms with Crippen LogP contribution in [0.1, 0.15) is 15.9 Å². The van der Waals surface area contributed by atoms with Crippen LogP contribution in [0.4, 0.5) is 5.69 Å². The molecule has 0 fully saturated rings. The third-order valence-corrected chi connectivity index (χ3v) is 3.58. The first kappa shape index (κ1) is 14.9. The normalized spacial score (nSPS) is 10.3. The molecule has 0 aliphatic heterocycles. The standard InChI is InChI=1S/C13H9BrN2O5/c14-10-6-8(13(18)19)3-4-9(10)7-15-5-1-2-11(12(15)17)16(20)21/h1-6H,7H2,(H,18,19). The highest BCUT2D eigenvalue weighted by Gasteiger charge is 2.14. The van der Waals surface area contributed by atoms with Gasteiger partial charge in [-0.3, -0.25) is 14.9 Å². The van der Waals surface area contributed by atoms with Gasteiger partial charge in [-0.05, 0) is 23.8 Å². The highest BCUT2D eigenvalue weighted by molar-refractivity contribution is 9.10. The second-order valence-electron chi connectivity index (χ2n) is 4.19. The zero-order valence-corrected chi connectivity index (χ0v) is 12.1. The molecule has 0 bridgehead atoms. The summed E-state index contributed by atoms with van der Waals surface area (Å²) in [4.78, 5) is 32.8. The molecule has 0 radical (unpaired) electrons. The maximum Gasteiger partial charge on any atom is 0.335 e. The Kier molecular flexibility index (Phi) is 4.18. The summed E-state index contributed by atoms with van der Waals surface area (Å²) < 4.78 is 1.71. The van der Waals surface area contributed by atoms with Gasteiger partial charge in [-0.25, -0.2) is 4.79 Å². The van der Waals surface area contributed by atoms with Gasteiger partial charge < -0.3 is 9.67 Å². The van der Waals surface area contributed by atoms with Crippen LogP contribution in [0.2, 0.25) is 0 Å². The fourth-order valence-electron chi connectivity index (χ4n) is 1.78. The second kappa shape index (κ2) is 5.88. The van der Waals surface area contributed by atoms with Gasteiger partial charge in [0.15, 0.2) is 0 Å². The minimum atomic E-state index is -1.06. The van der Waals surface area contributed by atoms with E-state index in [1.165, 1.54) is 29.0 Å². The molecule has 2 aromatic rings. The van der Waals surface area contributed by atoms with E-state index in [4.69, 9.17) is 5.11 Å². The Bertz CT molecular complexity index is 784. The van der Waals surface area contributed by atoms with Crippen LogP contribution in [0.15, 0.2) is 45.8 Å². The third kappa shape index (κ3) is 3.16. The summed E-state index contributed by atoms with van der Waals surface area (Å²) >= 11 is 3.23. The van der Waals surface area contributed by atoms with E-state index >= 15 is 0 Å². The molecule has 1 aromatic heterocycles. The smallest absolute Gasteiger partial charge is 0.335 e. The van der Waals surface area contributed by atoms with Gasteiger partial charge in [0, 0.05) is 16.7 Å². The third-order valence-electron chi connectivity index (χ3n) is 2.84. The van der Waals surface area contributed by atoms with Crippen LogP contribution in [0.5, 0.6) is 0 Å². The van der Waals surface area contributed by atoms with Crippen molar-refractivity contribution in [2.24, 2.45) is 0 Å². The number of nitro groups is 1. The fourth-order valence-corrected chi connectivity index (χ4v) is 2.28. The maximum absolute atomic E-state index is 11.9. The lowest BCUT2D eigenvalue weighted by molar-refractivity contribution is -0.386. The molecular weight excluding hydrogens is 344 g/mol. The predicted molar refractivity (Wildman–Crippen MR) is 77.6 cm³/mol. The van der Waals surface area contributed by atoms with Gasteiger partial charge in [-0.15, -0.1) is 0 Å². The van der Waals surface area contributed by atoms with E-state index in [0.717, 1.165) is 6.07 Å². The first-order valence-electron chi connectivity index (χ1n) is 5.75. The van der Waals surface area contributed by atoms with Gasteiger partial charge >= 0.3 is 17.2 Å². The fraction of sp³-hybridized carbons (Fsp3) is 0.0769. The number of aromatic carboxylic acids is 1. The molecule has 108 valence electrons. The molecule has 2 rings (SSSR count). The Labute approximate surface area is 126 Å². The van der Waals surface area contributed by atoms with Gasteiger partial charge in [0.2, 0.25) is 0 Å². The van der Waals surface area contributed by atoms with Crippen LogP contribution in [-0.4, -0.2) is 20.6 Å². The van der Waals surface area contributed by atoms with Crippen molar-refractivity contribution < 1.29 is 14.8 Å². The van der Waals surface area contributed by atoms with Gasteiger partial charge in [0.25, 0.3) is 0 Å². The minimum absolute atomic E-state index is 0.0982. The maximum atomic E-state index is 11.9. The lowest BCUT2D eigenvalue weighted by atomic mass is 10.1. The van der Waals surface area contributed by atoms with Gasteiger partial charge in [-0.1, -0.05) is 22.0 Å². The average molecular weight is 353 g/mol. The highest BCUT2D eigenvalue weighted by Crippen LogP contribution is 2.19. The van der Waals surface area contributed by atoms with Crippen LogP contribution >= 0.6 is 15.9 Å². The zero-order chi connectivity index (χ0) is 15.6. The molecule has 1 N–H and O–H groups in total. The first-order chi connectivity index (χ1) is 9.90. The molecule has 0 aliphatic carbocycles. The highest BCUT2D eigenvalue weighted by atomic mass is 79.9. The zero-order valence-electron chi connectivity index (χ0n) is 10.5. The number of benzene rings is 1. The largest absolute Gasteiger partial charge is 0.478 e. The summed E-state index contributed by atoms with van der Waals surface area (Å²) in [5.41, 5.74) is -0.466. The van der Waals surface area contributed by atoms with Crippen LogP contribution in [0, 0.1) is 10.1 Å². The number of rotatable bonds is 4. The van der Waals surface area contributed by atoms with E-state index in [1.54, 1.807) is 6.07 Å². The number of aromatic nitrogens is 1. The van der Waals surface area contributed by atoms with Crippen LogP contribution in [0.3, 0.4) is 0 Å². The number of nitrogens with zero attached hydrogens (tertiary/aromatic N) is 2.